The van der Waals surface area contributed by atoms with Crippen molar-refractivity contribution in [3.63, 3.8) is 0 Å². The van der Waals surface area contributed by atoms with E-state index >= 15 is 0 Å². The van der Waals surface area contributed by atoms with E-state index in [9.17, 15) is 21.6 Å². The zero-order chi connectivity index (χ0) is 28.8. The van der Waals surface area contributed by atoms with Crippen molar-refractivity contribution in [2.75, 3.05) is 27.1 Å². The Hall–Kier alpha value is -3.44. The van der Waals surface area contributed by atoms with Crippen LogP contribution in [0.1, 0.15) is 44.1 Å². The Balaban J connectivity index is 1.13. The minimum Gasteiger partial charge on any atom is -0.325 e. The zero-order valence-corrected chi connectivity index (χ0v) is 24.5. The lowest BCUT2D eigenvalue weighted by molar-refractivity contribution is -0.114. The number of benzene rings is 2. The molecular weight excluding hydrogens is 560 g/mol. The summed E-state index contributed by atoms with van der Waals surface area (Å²) >= 11 is 0. The number of nitrogens with one attached hydrogen (secondary N) is 2. The van der Waals surface area contributed by atoms with Crippen LogP contribution in [-0.2, 0) is 30.3 Å². The van der Waals surface area contributed by atoms with Gasteiger partial charge >= 0.3 is 0 Å². The van der Waals surface area contributed by atoms with E-state index in [-0.39, 0.29) is 10.3 Å². The Morgan fingerprint density at radius 1 is 0.878 bits per heavy atom. The van der Waals surface area contributed by atoms with Crippen LogP contribution in [0.4, 0.5) is 17.1 Å². The molecule has 1 aromatic heterocycles. The number of pyridine rings is 1. The van der Waals surface area contributed by atoms with Gasteiger partial charge in [0.2, 0.25) is 15.9 Å². The van der Waals surface area contributed by atoms with Crippen molar-refractivity contribution in [3.05, 3.63) is 78.6 Å². The molecule has 7 rings (SSSR count). The van der Waals surface area contributed by atoms with Gasteiger partial charge in [0.1, 0.15) is 6.54 Å². The first-order valence-electron chi connectivity index (χ1n) is 13.9. The van der Waals surface area contributed by atoms with Crippen LogP contribution in [0.2, 0.25) is 0 Å². The van der Waals surface area contributed by atoms with Gasteiger partial charge in [-0.15, -0.1) is 0 Å². The van der Waals surface area contributed by atoms with Gasteiger partial charge in [-0.3, -0.25) is 18.8 Å². The summed E-state index contributed by atoms with van der Waals surface area (Å²) in [6, 6.07) is 16.6. The van der Waals surface area contributed by atoms with Crippen molar-refractivity contribution in [3.8, 4) is 0 Å². The van der Waals surface area contributed by atoms with E-state index in [0.29, 0.717) is 17.1 Å². The number of anilines is 3. The highest BCUT2D eigenvalue weighted by molar-refractivity contribution is 7.92. The number of carbonyl (C=O) groups is 1. The third kappa shape index (κ3) is 5.83. The number of carbonyl (C=O) groups excluding carboxylic acids is 1. The second kappa shape index (κ2) is 10.4. The lowest BCUT2D eigenvalue weighted by atomic mass is 9.48. The highest BCUT2D eigenvalue weighted by Gasteiger charge is 2.51. The largest absolute Gasteiger partial charge is 0.325 e. The molecule has 0 atom stereocenters. The van der Waals surface area contributed by atoms with Crippen LogP contribution in [0.15, 0.2) is 78.0 Å². The lowest BCUT2D eigenvalue weighted by Crippen LogP contribution is -2.48. The Kier molecular flexibility index (Phi) is 7.05. The maximum atomic E-state index is 12.9. The van der Waals surface area contributed by atoms with Crippen LogP contribution < -0.4 is 14.3 Å². The summed E-state index contributed by atoms with van der Waals surface area (Å²) in [5, 5.41) is 2.67. The van der Waals surface area contributed by atoms with Crippen molar-refractivity contribution in [1.29, 1.82) is 0 Å². The molecule has 216 valence electrons. The first-order valence-corrected chi connectivity index (χ1v) is 17.2. The van der Waals surface area contributed by atoms with E-state index in [1.165, 1.54) is 74.6 Å². The topological polar surface area (TPSA) is 126 Å². The normalized spacial score (nSPS) is 25.0. The summed E-state index contributed by atoms with van der Waals surface area (Å²) in [5.41, 5.74) is 2.61. The van der Waals surface area contributed by atoms with Crippen molar-refractivity contribution >= 4 is 43.0 Å². The minimum atomic E-state index is -3.84. The van der Waals surface area contributed by atoms with Crippen molar-refractivity contribution in [2.45, 2.75) is 48.8 Å². The van der Waals surface area contributed by atoms with Gasteiger partial charge in [-0.2, -0.15) is 0 Å². The fourth-order valence-corrected chi connectivity index (χ4v) is 9.43. The molecule has 2 aromatic carbocycles. The van der Waals surface area contributed by atoms with E-state index in [0.717, 1.165) is 28.3 Å². The number of nitrogens with zero attached hydrogens (tertiary/aromatic N) is 2. The second-order valence-corrected chi connectivity index (χ2v) is 15.5. The van der Waals surface area contributed by atoms with Crippen LogP contribution in [0.25, 0.3) is 0 Å². The highest BCUT2D eigenvalue weighted by Crippen LogP contribution is 2.60. The molecular formula is C30H34N4O5S2. The van der Waals surface area contributed by atoms with Gasteiger partial charge in [-0.1, -0.05) is 12.1 Å². The standard InChI is InChI=1S/C30H34N4O5S2/c1-40(36,37)34(27-8-4-24(5-9-27)30-16-21-13-22(17-30)15-23(14-21)18-30)20-29(35)32-25-6-10-28(11-7-25)41(38,39)33-26-3-2-12-31-19-26/h2-12,19,21-23,33H,13-18,20H2,1H3,(H,32,35). The molecule has 1 heterocycles. The Morgan fingerprint density at radius 2 is 1.49 bits per heavy atom. The maximum Gasteiger partial charge on any atom is 0.261 e. The lowest BCUT2D eigenvalue weighted by Gasteiger charge is -2.57. The Labute approximate surface area is 241 Å². The number of hydrogen-bond acceptors (Lipinski definition) is 6. The molecule has 4 aliphatic carbocycles. The molecule has 4 bridgehead atoms. The quantitative estimate of drug-likeness (QED) is 0.368. The number of rotatable bonds is 9. The average molecular weight is 595 g/mol. The number of aromatic nitrogens is 1. The molecule has 0 unspecified atom stereocenters. The molecule has 11 heteroatoms. The zero-order valence-electron chi connectivity index (χ0n) is 22.9. The molecule has 3 aromatic rings. The monoisotopic (exact) mass is 594 g/mol. The number of hydrogen-bond donors (Lipinski definition) is 2. The summed E-state index contributed by atoms with van der Waals surface area (Å²) in [6.45, 7) is -0.405. The predicted octanol–water partition coefficient (Wildman–Crippen LogP) is 4.75. The average Bonchev–Trinajstić information content (AvgIpc) is 2.91. The van der Waals surface area contributed by atoms with Crippen LogP contribution in [-0.4, -0.2) is 40.5 Å². The third-order valence-corrected chi connectivity index (χ3v) is 11.4. The molecule has 0 spiro atoms. The highest BCUT2D eigenvalue weighted by atomic mass is 32.2. The second-order valence-electron chi connectivity index (χ2n) is 11.9. The summed E-state index contributed by atoms with van der Waals surface area (Å²) < 4.78 is 54.2. The summed E-state index contributed by atoms with van der Waals surface area (Å²) in [4.78, 5) is 16.8. The van der Waals surface area contributed by atoms with Crippen LogP contribution in [0.3, 0.4) is 0 Å². The number of sulfonamides is 2. The van der Waals surface area contributed by atoms with Gasteiger partial charge < -0.3 is 5.32 Å². The van der Waals surface area contributed by atoms with Gasteiger partial charge in [0.25, 0.3) is 10.0 Å². The molecule has 41 heavy (non-hydrogen) atoms. The molecule has 0 aliphatic heterocycles. The van der Waals surface area contributed by atoms with Crippen LogP contribution >= 0.6 is 0 Å². The summed E-state index contributed by atoms with van der Waals surface area (Å²) in [7, 11) is -7.58. The predicted molar refractivity (Wildman–Crippen MR) is 159 cm³/mol. The molecule has 0 saturated heterocycles. The molecule has 0 radical (unpaired) electrons. The molecule has 1 amide bonds. The van der Waals surface area contributed by atoms with E-state index < -0.39 is 32.5 Å². The van der Waals surface area contributed by atoms with Gasteiger partial charge in [-0.25, -0.2) is 16.8 Å². The van der Waals surface area contributed by atoms with E-state index in [1.807, 2.05) is 12.1 Å². The van der Waals surface area contributed by atoms with Gasteiger partial charge in [0, 0.05) is 11.9 Å². The minimum absolute atomic E-state index is 0.0104. The molecule has 4 saturated carbocycles. The first-order chi connectivity index (χ1) is 19.5. The molecule has 4 fully saturated rings. The maximum absolute atomic E-state index is 12.9. The Bertz CT molecular complexity index is 1610. The van der Waals surface area contributed by atoms with Gasteiger partial charge in [-0.05, 0) is 116 Å². The third-order valence-electron chi connectivity index (χ3n) is 8.86. The van der Waals surface area contributed by atoms with Crippen LogP contribution in [0, 0.1) is 17.8 Å². The van der Waals surface area contributed by atoms with Crippen molar-refractivity contribution in [1.82, 2.24) is 4.98 Å². The SMILES string of the molecule is CS(=O)(=O)N(CC(=O)Nc1ccc(S(=O)(=O)Nc2cccnc2)cc1)c1ccc(C23CC4CC(CC(C4)C2)C3)cc1. The molecule has 9 nitrogen and oxygen atoms in total. The van der Waals surface area contributed by atoms with E-state index in [4.69, 9.17) is 0 Å². The van der Waals surface area contributed by atoms with Crippen molar-refractivity contribution in [2.24, 2.45) is 17.8 Å². The van der Waals surface area contributed by atoms with Crippen LogP contribution in [0.5, 0.6) is 0 Å². The summed E-state index contributed by atoms with van der Waals surface area (Å²) in [6.07, 6.45) is 11.7. The van der Waals surface area contributed by atoms with Gasteiger partial charge in [0.05, 0.1) is 28.7 Å². The van der Waals surface area contributed by atoms with Crippen molar-refractivity contribution < 1.29 is 21.6 Å². The number of amides is 1. The smallest absolute Gasteiger partial charge is 0.261 e. The Morgan fingerprint density at radius 3 is 2.02 bits per heavy atom. The first kappa shape index (κ1) is 27.7. The van der Waals surface area contributed by atoms with E-state index in [2.05, 4.69) is 27.2 Å². The van der Waals surface area contributed by atoms with E-state index in [1.54, 1.807) is 18.3 Å². The fraction of sp³-hybridized carbons (Fsp3) is 0.400. The molecule has 4 aliphatic rings. The summed E-state index contributed by atoms with van der Waals surface area (Å²) in [5.74, 6) is 1.89. The molecule has 2 N–H and O–H groups in total. The van der Waals surface area contributed by atoms with Gasteiger partial charge in [0.15, 0.2) is 0 Å². The fourth-order valence-electron chi connectivity index (χ4n) is 7.53.